The number of aryl methyl sites for hydroxylation is 2. The number of rotatable bonds is 2. The SMILES string of the molecule is COc1c2cccc1OCCOCCOc1cccc(c1OC)CCCC2. The van der Waals surface area contributed by atoms with Gasteiger partial charge >= 0.3 is 0 Å². The second-order valence-electron chi connectivity index (χ2n) is 6.41. The number of methoxy groups -OCH3 is 2. The van der Waals surface area contributed by atoms with Crippen LogP contribution in [0.5, 0.6) is 23.0 Å². The zero-order valence-corrected chi connectivity index (χ0v) is 16.2. The highest BCUT2D eigenvalue weighted by atomic mass is 16.6. The maximum absolute atomic E-state index is 5.86. The van der Waals surface area contributed by atoms with E-state index in [2.05, 4.69) is 12.1 Å². The van der Waals surface area contributed by atoms with Gasteiger partial charge in [-0.1, -0.05) is 24.3 Å². The van der Waals surface area contributed by atoms with Crippen LogP contribution in [0, 0.1) is 0 Å². The Hall–Kier alpha value is -2.40. The van der Waals surface area contributed by atoms with E-state index in [9.17, 15) is 0 Å². The van der Waals surface area contributed by atoms with E-state index >= 15 is 0 Å². The standard InChI is InChI=1S/C22H28O5/c1-23-21-17-7-3-4-8-18-10-6-12-20(22(18)24-2)27-16-14-25-13-15-26-19(21)11-5-9-17/h5-6,9-12H,3-4,7-8,13-16H2,1-2H3. The van der Waals surface area contributed by atoms with Crippen LogP contribution in [0.1, 0.15) is 24.0 Å². The van der Waals surface area contributed by atoms with Gasteiger partial charge in [-0.15, -0.1) is 0 Å². The largest absolute Gasteiger partial charge is 0.493 e. The van der Waals surface area contributed by atoms with E-state index in [4.69, 9.17) is 23.7 Å². The molecule has 2 aromatic rings. The molecule has 0 amide bonds. The topological polar surface area (TPSA) is 46.2 Å². The molecule has 0 saturated heterocycles. The van der Waals surface area contributed by atoms with Crippen LogP contribution < -0.4 is 18.9 Å². The maximum atomic E-state index is 5.86. The van der Waals surface area contributed by atoms with Crippen molar-refractivity contribution in [3.05, 3.63) is 47.5 Å². The summed E-state index contributed by atoms with van der Waals surface area (Å²) in [5.41, 5.74) is 2.34. The van der Waals surface area contributed by atoms with Gasteiger partial charge in [0.05, 0.1) is 27.4 Å². The number of hydrogen-bond donors (Lipinski definition) is 0. The Bertz CT molecular complexity index is 667. The lowest BCUT2D eigenvalue weighted by Gasteiger charge is -2.14. The molecule has 0 unspecified atom stereocenters. The maximum Gasteiger partial charge on any atom is 0.163 e. The molecule has 0 radical (unpaired) electrons. The number of para-hydroxylation sites is 2. The minimum absolute atomic E-state index is 0.471. The molecule has 2 aromatic carbocycles. The third kappa shape index (κ3) is 5.07. The number of fused-ring (bicyclic) bond motifs is 4. The number of hydrogen-bond acceptors (Lipinski definition) is 5. The minimum atomic E-state index is 0.471. The fourth-order valence-electron chi connectivity index (χ4n) is 3.36. The molecule has 3 rings (SSSR count). The summed E-state index contributed by atoms with van der Waals surface area (Å²) in [5, 5.41) is 0. The van der Waals surface area contributed by atoms with Crippen LogP contribution in [0.3, 0.4) is 0 Å². The van der Waals surface area contributed by atoms with Crippen LogP contribution in [0.4, 0.5) is 0 Å². The predicted molar refractivity (Wildman–Crippen MR) is 104 cm³/mol. The van der Waals surface area contributed by atoms with Crippen molar-refractivity contribution < 1.29 is 23.7 Å². The second kappa shape index (κ2) is 10.1. The summed E-state index contributed by atoms with van der Waals surface area (Å²) in [6.07, 6.45) is 3.99. The quantitative estimate of drug-likeness (QED) is 0.796. The van der Waals surface area contributed by atoms with Crippen molar-refractivity contribution in [3.63, 3.8) is 0 Å². The Labute approximate surface area is 161 Å². The fourth-order valence-corrected chi connectivity index (χ4v) is 3.36. The number of ether oxygens (including phenoxy) is 5. The zero-order chi connectivity index (χ0) is 18.9. The van der Waals surface area contributed by atoms with E-state index in [-0.39, 0.29) is 0 Å². The summed E-state index contributed by atoms with van der Waals surface area (Å²) in [7, 11) is 3.39. The molecule has 1 aliphatic rings. The molecule has 1 heterocycles. The van der Waals surface area contributed by atoms with Crippen LogP contribution in [0.25, 0.3) is 0 Å². The first-order valence-electron chi connectivity index (χ1n) is 9.48. The summed E-state index contributed by atoms with van der Waals surface area (Å²) in [4.78, 5) is 0. The van der Waals surface area contributed by atoms with Gasteiger partial charge in [-0.2, -0.15) is 0 Å². The molecule has 5 nitrogen and oxygen atoms in total. The van der Waals surface area contributed by atoms with Crippen LogP contribution in [0.2, 0.25) is 0 Å². The number of benzene rings is 2. The first-order chi connectivity index (χ1) is 13.3. The van der Waals surface area contributed by atoms with E-state index in [1.807, 2.05) is 24.3 Å². The van der Waals surface area contributed by atoms with E-state index < -0.39 is 0 Å². The first kappa shape index (κ1) is 19.4. The lowest BCUT2D eigenvalue weighted by atomic mass is 10.0. The van der Waals surface area contributed by atoms with Gasteiger partial charge in [0.2, 0.25) is 0 Å². The third-order valence-corrected chi connectivity index (χ3v) is 4.64. The smallest absolute Gasteiger partial charge is 0.163 e. The van der Waals surface area contributed by atoms with E-state index in [0.29, 0.717) is 26.4 Å². The van der Waals surface area contributed by atoms with Gasteiger partial charge in [-0.05, 0) is 48.9 Å². The van der Waals surface area contributed by atoms with Crippen molar-refractivity contribution in [3.8, 4) is 23.0 Å². The van der Waals surface area contributed by atoms with Crippen molar-refractivity contribution >= 4 is 0 Å². The Kier molecular flexibility index (Phi) is 7.22. The lowest BCUT2D eigenvalue weighted by Crippen LogP contribution is -2.13. The van der Waals surface area contributed by atoms with Gasteiger partial charge in [0.25, 0.3) is 0 Å². The van der Waals surface area contributed by atoms with Gasteiger partial charge in [-0.3, -0.25) is 0 Å². The zero-order valence-electron chi connectivity index (χ0n) is 16.2. The van der Waals surface area contributed by atoms with Crippen molar-refractivity contribution in [1.82, 2.24) is 0 Å². The van der Waals surface area contributed by atoms with Gasteiger partial charge in [-0.25, -0.2) is 0 Å². The molecule has 0 saturated carbocycles. The highest BCUT2D eigenvalue weighted by Crippen LogP contribution is 2.34. The molecule has 0 aliphatic carbocycles. The molecule has 0 fully saturated rings. The van der Waals surface area contributed by atoms with Crippen molar-refractivity contribution in [2.45, 2.75) is 25.7 Å². The first-order valence-corrected chi connectivity index (χ1v) is 9.48. The summed E-state index contributed by atoms with van der Waals surface area (Å²) in [6.45, 7) is 1.93. The molecule has 146 valence electrons. The molecule has 5 heteroatoms. The molecule has 27 heavy (non-hydrogen) atoms. The molecule has 0 spiro atoms. The van der Waals surface area contributed by atoms with Crippen molar-refractivity contribution in [1.29, 1.82) is 0 Å². The average Bonchev–Trinajstić information content (AvgIpc) is 2.70. The van der Waals surface area contributed by atoms with Gasteiger partial charge < -0.3 is 23.7 Å². The fraction of sp³-hybridized carbons (Fsp3) is 0.455. The van der Waals surface area contributed by atoms with Gasteiger partial charge in [0.15, 0.2) is 23.0 Å². The summed E-state index contributed by atoms with van der Waals surface area (Å²) in [6, 6.07) is 12.1. The Morgan fingerprint density at radius 3 is 1.59 bits per heavy atom. The molecule has 0 atom stereocenters. The average molecular weight is 372 g/mol. The van der Waals surface area contributed by atoms with Crippen LogP contribution in [-0.4, -0.2) is 40.6 Å². The third-order valence-electron chi connectivity index (χ3n) is 4.64. The van der Waals surface area contributed by atoms with Crippen LogP contribution in [-0.2, 0) is 17.6 Å². The minimum Gasteiger partial charge on any atom is -0.493 e. The van der Waals surface area contributed by atoms with E-state index in [1.54, 1.807) is 14.2 Å². The van der Waals surface area contributed by atoms with Gasteiger partial charge in [0, 0.05) is 0 Å². The molecular formula is C22H28O5. The van der Waals surface area contributed by atoms with E-state index in [0.717, 1.165) is 48.7 Å². The van der Waals surface area contributed by atoms with Crippen molar-refractivity contribution in [2.75, 3.05) is 40.6 Å². The normalized spacial score (nSPS) is 15.8. The molecule has 4 bridgehead atoms. The monoisotopic (exact) mass is 372 g/mol. The summed E-state index contributed by atoms with van der Waals surface area (Å²) in [5.74, 6) is 3.19. The Morgan fingerprint density at radius 1 is 0.667 bits per heavy atom. The highest BCUT2D eigenvalue weighted by Gasteiger charge is 2.13. The van der Waals surface area contributed by atoms with Crippen LogP contribution in [0.15, 0.2) is 36.4 Å². The summed E-state index contributed by atoms with van der Waals surface area (Å²) < 4.78 is 28.6. The Morgan fingerprint density at radius 2 is 1.15 bits per heavy atom. The molecule has 0 N–H and O–H groups in total. The second-order valence-corrected chi connectivity index (χ2v) is 6.41. The van der Waals surface area contributed by atoms with Gasteiger partial charge in [0.1, 0.15) is 13.2 Å². The molecular weight excluding hydrogens is 344 g/mol. The Balaban J connectivity index is 1.77. The predicted octanol–water partition coefficient (Wildman–Crippen LogP) is 4.06. The molecule has 0 aromatic heterocycles. The van der Waals surface area contributed by atoms with E-state index in [1.165, 1.54) is 11.1 Å². The lowest BCUT2D eigenvalue weighted by molar-refractivity contribution is 0.0750. The summed E-state index contributed by atoms with van der Waals surface area (Å²) >= 11 is 0. The molecule has 1 aliphatic heterocycles. The highest BCUT2D eigenvalue weighted by molar-refractivity contribution is 5.47. The van der Waals surface area contributed by atoms with Crippen LogP contribution >= 0.6 is 0 Å². The van der Waals surface area contributed by atoms with Crippen molar-refractivity contribution in [2.24, 2.45) is 0 Å².